The van der Waals surface area contributed by atoms with Crippen LogP contribution in [0.1, 0.15) is 0 Å². The van der Waals surface area contributed by atoms with Crippen LogP contribution in [0.25, 0.3) is 110 Å². The van der Waals surface area contributed by atoms with Crippen LogP contribution in [0.5, 0.6) is 0 Å². The average Bonchev–Trinajstić information content (AvgIpc) is 3.95. The van der Waals surface area contributed by atoms with Crippen molar-refractivity contribution in [2.75, 3.05) is 0 Å². The summed E-state index contributed by atoms with van der Waals surface area (Å²) in [6.07, 6.45) is 0. The van der Waals surface area contributed by atoms with Crippen molar-refractivity contribution in [1.29, 1.82) is 0 Å². The van der Waals surface area contributed by atoms with Crippen molar-refractivity contribution < 1.29 is 8.83 Å². The minimum Gasteiger partial charge on any atom is -0.455 e. The minimum atomic E-state index is 0.825. The number of rotatable bonds is 3. The molecule has 12 rings (SSSR count). The van der Waals surface area contributed by atoms with E-state index in [2.05, 4.69) is 179 Å². The zero-order valence-corrected chi connectivity index (χ0v) is 27.9. The van der Waals surface area contributed by atoms with Crippen molar-refractivity contribution in [2.45, 2.75) is 0 Å². The molecular formula is C48H28N2O2. The highest BCUT2D eigenvalue weighted by Gasteiger charge is 2.22. The molecule has 4 heterocycles. The van der Waals surface area contributed by atoms with Gasteiger partial charge < -0.3 is 18.0 Å². The maximum absolute atomic E-state index is 6.75. The third kappa shape index (κ3) is 3.70. The molecule has 0 N–H and O–H groups in total. The summed E-state index contributed by atoms with van der Waals surface area (Å²) in [5.74, 6) is 0. The highest BCUT2D eigenvalue weighted by Crippen LogP contribution is 2.45. The number of fused-ring (bicyclic) bond motifs is 14. The molecule has 0 saturated carbocycles. The molecule has 8 aromatic carbocycles. The largest absolute Gasteiger partial charge is 0.455 e. The van der Waals surface area contributed by atoms with Crippen molar-refractivity contribution in [1.82, 2.24) is 9.13 Å². The van der Waals surface area contributed by atoms with Crippen LogP contribution >= 0.6 is 0 Å². The summed E-state index contributed by atoms with van der Waals surface area (Å²) >= 11 is 0. The van der Waals surface area contributed by atoms with Gasteiger partial charge >= 0.3 is 0 Å². The fraction of sp³-hybridized carbons (Fsp3) is 0. The Morgan fingerprint density at radius 3 is 1.60 bits per heavy atom. The van der Waals surface area contributed by atoms with Crippen LogP contribution in [0.4, 0.5) is 0 Å². The Kier molecular flexibility index (Phi) is 5.47. The van der Waals surface area contributed by atoms with Gasteiger partial charge in [0, 0.05) is 43.7 Å². The summed E-state index contributed by atoms with van der Waals surface area (Å²) in [4.78, 5) is 0. The predicted octanol–water partition coefficient (Wildman–Crippen LogP) is 13.3. The van der Waals surface area contributed by atoms with Gasteiger partial charge in [0.15, 0.2) is 0 Å². The van der Waals surface area contributed by atoms with Gasteiger partial charge in [-0.15, -0.1) is 0 Å². The van der Waals surface area contributed by atoms with E-state index < -0.39 is 0 Å². The van der Waals surface area contributed by atoms with E-state index in [1.807, 2.05) is 0 Å². The van der Waals surface area contributed by atoms with Gasteiger partial charge in [-0.25, -0.2) is 0 Å². The predicted molar refractivity (Wildman–Crippen MR) is 215 cm³/mol. The lowest BCUT2D eigenvalue weighted by atomic mass is 10.00. The van der Waals surface area contributed by atoms with Crippen molar-refractivity contribution in [3.8, 4) is 22.5 Å². The maximum Gasteiger partial charge on any atom is 0.147 e. The number of para-hydroxylation sites is 4. The number of aromatic nitrogens is 2. The maximum atomic E-state index is 6.75. The molecule has 12 aromatic rings. The molecule has 0 atom stereocenters. The zero-order chi connectivity index (χ0) is 33.9. The molecular weight excluding hydrogens is 637 g/mol. The summed E-state index contributed by atoms with van der Waals surface area (Å²) < 4.78 is 18.1. The van der Waals surface area contributed by atoms with Crippen molar-refractivity contribution in [2.24, 2.45) is 0 Å². The molecule has 0 aliphatic heterocycles. The van der Waals surface area contributed by atoms with E-state index in [1.165, 1.54) is 32.8 Å². The fourth-order valence-corrected chi connectivity index (χ4v) is 8.65. The van der Waals surface area contributed by atoms with Crippen LogP contribution < -0.4 is 0 Å². The van der Waals surface area contributed by atoms with E-state index in [0.717, 1.165) is 77.2 Å². The summed E-state index contributed by atoms with van der Waals surface area (Å²) in [5.41, 5.74) is 12.7. The second-order valence-electron chi connectivity index (χ2n) is 13.7. The molecule has 0 radical (unpaired) electrons. The molecule has 0 aliphatic carbocycles. The Hall–Kier alpha value is -7.04. The monoisotopic (exact) mass is 664 g/mol. The lowest BCUT2D eigenvalue weighted by molar-refractivity contribution is 0.665. The Morgan fingerprint density at radius 2 is 0.827 bits per heavy atom. The van der Waals surface area contributed by atoms with E-state index in [1.54, 1.807) is 0 Å². The van der Waals surface area contributed by atoms with Crippen LogP contribution in [-0.2, 0) is 0 Å². The molecule has 4 aromatic heterocycles. The topological polar surface area (TPSA) is 36.1 Å². The highest BCUT2D eigenvalue weighted by molar-refractivity contribution is 6.28. The fourth-order valence-electron chi connectivity index (χ4n) is 8.65. The molecule has 0 aliphatic rings. The first kappa shape index (κ1) is 27.7. The molecule has 0 unspecified atom stereocenters. The summed E-state index contributed by atoms with van der Waals surface area (Å²) in [7, 11) is 0. The standard InChI is InChI=1S/C48H28N2O2/c1-3-11-31(12-4-1)49-39-17-9-7-15-33(39)37-27-29(19-23-41(37)49)30-20-25-43-38(28-30)34-22-26-44-46(47(34)51-43)36-21-24-42-45(48(36)52-44)35-16-8-10-18-40(35)50(42)32-13-5-2-6-14-32/h1-28H. The Bertz CT molecular complexity index is 3400. The summed E-state index contributed by atoms with van der Waals surface area (Å²) in [6.45, 7) is 0. The molecule has 242 valence electrons. The molecule has 4 nitrogen and oxygen atoms in total. The molecule has 0 bridgehead atoms. The number of hydrogen-bond donors (Lipinski definition) is 0. The molecule has 0 saturated heterocycles. The quantitative estimate of drug-likeness (QED) is 0.188. The minimum absolute atomic E-state index is 0.825. The van der Waals surface area contributed by atoms with Crippen LogP contribution in [0.3, 0.4) is 0 Å². The van der Waals surface area contributed by atoms with E-state index in [4.69, 9.17) is 8.83 Å². The van der Waals surface area contributed by atoms with Gasteiger partial charge in [-0.2, -0.15) is 0 Å². The van der Waals surface area contributed by atoms with Crippen molar-refractivity contribution >= 4 is 87.5 Å². The van der Waals surface area contributed by atoms with Gasteiger partial charge in [-0.1, -0.05) is 84.9 Å². The van der Waals surface area contributed by atoms with Gasteiger partial charge in [0.25, 0.3) is 0 Å². The third-order valence-electron chi connectivity index (χ3n) is 10.9. The molecule has 52 heavy (non-hydrogen) atoms. The first-order valence-corrected chi connectivity index (χ1v) is 17.7. The molecule has 0 spiro atoms. The number of nitrogens with zero attached hydrogens (tertiary/aromatic N) is 2. The molecule has 0 amide bonds. The number of benzene rings is 8. The van der Waals surface area contributed by atoms with Crippen molar-refractivity contribution in [3.05, 3.63) is 170 Å². The second-order valence-corrected chi connectivity index (χ2v) is 13.7. The lowest BCUT2D eigenvalue weighted by Crippen LogP contribution is -1.92. The van der Waals surface area contributed by atoms with Crippen LogP contribution in [0.15, 0.2) is 179 Å². The van der Waals surface area contributed by atoms with Gasteiger partial charge in [-0.05, 0) is 96.1 Å². The van der Waals surface area contributed by atoms with Crippen LogP contribution in [0, 0.1) is 0 Å². The van der Waals surface area contributed by atoms with E-state index in [9.17, 15) is 0 Å². The average molecular weight is 665 g/mol. The first-order chi connectivity index (χ1) is 25.8. The smallest absolute Gasteiger partial charge is 0.147 e. The number of furan rings is 2. The van der Waals surface area contributed by atoms with Gasteiger partial charge in [0.2, 0.25) is 0 Å². The van der Waals surface area contributed by atoms with Crippen molar-refractivity contribution in [3.63, 3.8) is 0 Å². The Labute approximate surface area is 296 Å². The summed E-state index contributed by atoms with van der Waals surface area (Å²) in [5, 5.41) is 9.01. The van der Waals surface area contributed by atoms with E-state index >= 15 is 0 Å². The van der Waals surface area contributed by atoms with Crippen LogP contribution in [0.2, 0.25) is 0 Å². The third-order valence-corrected chi connectivity index (χ3v) is 10.9. The second kappa shape index (κ2) is 10.3. The van der Waals surface area contributed by atoms with E-state index in [0.29, 0.717) is 0 Å². The van der Waals surface area contributed by atoms with E-state index in [-0.39, 0.29) is 0 Å². The van der Waals surface area contributed by atoms with Gasteiger partial charge in [0.05, 0.1) is 32.8 Å². The lowest BCUT2D eigenvalue weighted by Gasteiger charge is -2.08. The zero-order valence-electron chi connectivity index (χ0n) is 27.9. The normalized spacial score (nSPS) is 12.2. The van der Waals surface area contributed by atoms with Gasteiger partial charge in [-0.3, -0.25) is 0 Å². The van der Waals surface area contributed by atoms with Gasteiger partial charge in [0.1, 0.15) is 22.3 Å². The highest BCUT2D eigenvalue weighted by atomic mass is 16.3. The summed E-state index contributed by atoms with van der Waals surface area (Å²) in [6, 6.07) is 60.5. The SMILES string of the molecule is c1ccc(-n2c3ccccc3c3cc(-c4ccc5oc6c(ccc7oc8c(ccc9c8c8ccccc8n9-c8ccccc8)c76)c5c4)ccc32)cc1. The number of hydrogen-bond acceptors (Lipinski definition) is 2. The molecule has 0 fully saturated rings. The van der Waals surface area contributed by atoms with Crippen LogP contribution in [-0.4, -0.2) is 9.13 Å². The Balaban J connectivity index is 1.06. The molecule has 4 heteroatoms. The first-order valence-electron chi connectivity index (χ1n) is 17.7. The Morgan fingerprint density at radius 1 is 0.308 bits per heavy atom.